The van der Waals surface area contributed by atoms with Gasteiger partial charge in [-0.25, -0.2) is 4.98 Å². The van der Waals surface area contributed by atoms with Gasteiger partial charge in [0.2, 0.25) is 0 Å². The molecule has 1 rings (SSSR count). The summed E-state index contributed by atoms with van der Waals surface area (Å²) in [6.45, 7) is 5.09. The second-order valence-electron chi connectivity index (χ2n) is 3.25. The van der Waals surface area contributed by atoms with E-state index in [9.17, 15) is 0 Å². The molecule has 4 heteroatoms. The minimum absolute atomic E-state index is 0.275. The Labute approximate surface area is 85.0 Å². The molecule has 0 bridgehead atoms. The normalized spacial score (nSPS) is 10.7. The first kappa shape index (κ1) is 11.2. The molecule has 0 saturated carbocycles. The van der Waals surface area contributed by atoms with E-state index in [0.29, 0.717) is 0 Å². The third-order valence-corrected chi connectivity index (χ3v) is 2.14. The molecule has 1 heterocycles. The maximum Gasteiger partial charge on any atom is 0.122 e. The van der Waals surface area contributed by atoms with Crippen molar-refractivity contribution >= 4 is 0 Å². The van der Waals surface area contributed by atoms with E-state index in [1.807, 2.05) is 12.4 Å². The van der Waals surface area contributed by atoms with Crippen molar-refractivity contribution in [2.24, 2.45) is 0 Å². The van der Waals surface area contributed by atoms with Gasteiger partial charge in [-0.2, -0.15) is 0 Å². The second kappa shape index (κ2) is 6.56. The highest BCUT2D eigenvalue weighted by atomic mass is 16.2. The lowest BCUT2D eigenvalue weighted by molar-refractivity contribution is 0.281. The first-order chi connectivity index (χ1) is 6.88. The van der Waals surface area contributed by atoms with Crippen molar-refractivity contribution in [2.75, 3.05) is 13.2 Å². The van der Waals surface area contributed by atoms with Gasteiger partial charge in [0.05, 0.1) is 6.54 Å². The Hall–Kier alpha value is -0.870. The fourth-order valence-electron chi connectivity index (χ4n) is 1.34. The third-order valence-electron chi connectivity index (χ3n) is 2.14. The maximum atomic E-state index is 8.67. The number of aryl methyl sites for hydroxylation is 1. The molecule has 0 aromatic carbocycles. The van der Waals surface area contributed by atoms with Gasteiger partial charge >= 0.3 is 0 Å². The van der Waals surface area contributed by atoms with Gasteiger partial charge in [0, 0.05) is 25.5 Å². The fraction of sp³-hybridized carbons (Fsp3) is 0.700. The van der Waals surface area contributed by atoms with Crippen molar-refractivity contribution in [2.45, 2.75) is 32.9 Å². The molecule has 80 valence electrons. The summed E-state index contributed by atoms with van der Waals surface area (Å²) < 4.78 is 2.14. The summed E-state index contributed by atoms with van der Waals surface area (Å²) >= 11 is 0. The van der Waals surface area contributed by atoms with Gasteiger partial charge in [-0.05, 0) is 19.4 Å². The lowest BCUT2D eigenvalue weighted by Gasteiger charge is -2.07. The zero-order valence-electron chi connectivity index (χ0n) is 8.74. The van der Waals surface area contributed by atoms with Gasteiger partial charge in [-0.15, -0.1) is 0 Å². The molecule has 0 spiro atoms. The van der Waals surface area contributed by atoms with Crippen molar-refractivity contribution in [1.82, 2.24) is 14.9 Å². The smallest absolute Gasteiger partial charge is 0.122 e. The molecular weight excluding hydrogens is 178 g/mol. The van der Waals surface area contributed by atoms with Gasteiger partial charge in [-0.1, -0.05) is 6.92 Å². The summed E-state index contributed by atoms with van der Waals surface area (Å²) in [6.07, 6.45) is 5.68. The third kappa shape index (κ3) is 3.47. The van der Waals surface area contributed by atoms with Crippen LogP contribution in [0.1, 0.15) is 25.6 Å². The van der Waals surface area contributed by atoms with Crippen LogP contribution in [0.15, 0.2) is 12.4 Å². The number of hydrogen-bond donors (Lipinski definition) is 2. The van der Waals surface area contributed by atoms with Gasteiger partial charge in [0.15, 0.2) is 0 Å². The van der Waals surface area contributed by atoms with Gasteiger partial charge in [-0.3, -0.25) is 0 Å². The van der Waals surface area contributed by atoms with E-state index < -0.39 is 0 Å². The summed E-state index contributed by atoms with van der Waals surface area (Å²) in [7, 11) is 0. The zero-order chi connectivity index (χ0) is 10.2. The highest BCUT2D eigenvalue weighted by Crippen LogP contribution is 2.00. The Morgan fingerprint density at radius 2 is 2.36 bits per heavy atom. The molecule has 0 unspecified atom stereocenters. The van der Waals surface area contributed by atoms with Crippen molar-refractivity contribution < 1.29 is 5.11 Å². The SMILES string of the molecule is CCNCc1nccn1CCCCO. The summed E-state index contributed by atoms with van der Waals surface area (Å²) in [6, 6.07) is 0. The van der Waals surface area contributed by atoms with E-state index in [2.05, 4.69) is 21.8 Å². The number of unbranched alkanes of at least 4 members (excludes halogenated alkanes) is 1. The Morgan fingerprint density at radius 3 is 3.07 bits per heavy atom. The lowest BCUT2D eigenvalue weighted by Crippen LogP contribution is -2.16. The van der Waals surface area contributed by atoms with E-state index in [-0.39, 0.29) is 6.61 Å². The van der Waals surface area contributed by atoms with Crippen LogP contribution in [0.4, 0.5) is 0 Å². The molecule has 0 aliphatic heterocycles. The van der Waals surface area contributed by atoms with E-state index in [4.69, 9.17) is 5.11 Å². The van der Waals surface area contributed by atoms with Gasteiger partial charge < -0.3 is 15.0 Å². The standard InChI is InChI=1S/C10H19N3O/c1-2-11-9-10-12-5-7-13(10)6-3-4-8-14/h5,7,11,14H,2-4,6,8-9H2,1H3. The van der Waals surface area contributed by atoms with Crippen molar-refractivity contribution in [3.63, 3.8) is 0 Å². The number of imidazole rings is 1. The first-order valence-corrected chi connectivity index (χ1v) is 5.20. The average molecular weight is 197 g/mol. The lowest BCUT2D eigenvalue weighted by atomic mass is 10.3. The molecule has 14 heavy (non-hydrogen) atoms. The predicted octanol–water partition coefficient (Wildman–Crippen LogP) is 0.765. The number of aliphatic hydroxyl groups excluding tert-OH is 1. The molecule has 2 N–H and O–H groups in total. The fourth-order valence-corrected chi connectivity index (χ4v) is 1.34. The molecular formula is C10H19N3O. The Bertz CT molecular complexity index is 247. The highest BCUT2D eigenvalue weighted by molar-refractivity contribution is 4.91. The number of aromatic nitrogens is 2. The van der Waals surface area contributed by atoms with E-state index in [1.165, 1.54) is 0 Å². The maximum absolute atomic E-state index is 8.67. The quantitative estimate of drug-likeness (QED) is 0.635. The number of hydrogen-bond acceptors (Lipinski definition) is 3. The molecule has 0 fully saturated rings. The molecule has 0 atom stereocenters. The minimum Gasteiger partial charge on any atom is -0.396 e. The molecule has 0 saturated heterocycles. The number of rotatable bonds is 7. The predicted molar refractivity (Wildman–Crippen MR) is 55.9 cm³/mol. The monoisotopic (exact) mass is 197 g/mol. The zero-order valence-corrected chi connectivity index (χ0v) is 8.74. The molecule has 1 aromatic rings. The highest BCUT2D eigenvalue weighted by Gasteiger charge is 2.00. The Morgan fingerprint density at radius 1 is 1.50 bits per heavy atom. The average Bonchev–Trinajstić information content (AvgIpc) is 2.63. The largest absolute Gasteiger partial charge is 0.396 e. The van der Waals surface area contributed by atoms with Crippen molar-refractivity contribution in [1.29, 1.82) is 0 Å². The first-order valence-electron chi connectivity index (χ1n) is 5.20. The molecule has 0 aliphatic carbocycles. The van der Waals surface area contributed by atoms with E-state index in [0.717, 1.165) is 38.3 Å². The minimum atomic E-state index is 0.275. The Balaban J connectivity index is 2.37. The van der Waals surface area contributed by atoms with E-state index in [1.54, 1.807) is 0 Å². The van der Waals surface area contributed by atoms with Crippen LogP contribution in [0.25, 0.3) is 0 Å². The van der Waals surface area contributed by atoms with E-state index >= 15 is 0 Å². The van der Waals surface area contributed by atoms with Crippen LogP contribution in [0, 0.1) is 0 Å². The summed E-state index contributed by atoms with van der Waals surface area (Å²) in [4.78, 5) is 4.27. The Kier molecular flexibility index (Phi) is 5.25. The van der Waals surface area contributed by atoms with Crippen LogP contribution in [-0.4, -0.2) is 27.8 Å². The van der Waals surface area contributed by atoms with Crippen molar-refractivity contribution in [3.8, 4) is 0 Å². The number of nitrogens with one attached hydrogen (secondary N) is 1. The summed E-state index contributed by atoms with van der Waals surface area (Å²) in [5.74, 6) is 1.07. The van der Waals surface area contributed by atoms with Crippen LogP contribution in [0.3, 0.4) is 0 Å². The van der Waals surface area contributed by atoms with Crippen LogP contribution in [0.2, 0.25) is 0 Å². The number of aliphatic hydroxyl groups is 1. The number of nitrogens with zero attached hydrogens (tertiary/aromatic N) is 2. The van der Waals surface area contributed by atoms with Gasteiger partial charge in [0.25, 0.3) is 0 Å². The van der Waals surface area contributed by atoms with Crippen LogP contribution in [-0.2, 0) is 13.1 Å². The van der Waals surface area contributed by atoms with Gasteiger partial charge in [0.1, 0.15) is 5.82 Å². The van der Waals surface area contributed by atoms with Crippen LogP contribution >= 0.6 is 0 Å². The molecule has 0 aliphatic rings. The molecule has 0 amide bonds. The molecule has 4 nitrogen and oxygen atoms in total. The van der Waals surface area contributed by atoms with Crippen LogP contribution in [0.5, 0.6) is 0 Å². The molecule has 0 radical (unpaired) electrons. The summed E-state index contributed by atoms with van der Waals surface area (Å²) in [5, 5.41) is 11.9. The summed E-state index contributed by atoms with van der Waals surface area (Å²) in [5.41, 5.74) is 0. The molecule has 1 aromatic heterocycles. The second-order valence-corrected chi connectivity index (χ2v) is 3.25. The van der Waals surface area contributed by atoms with Crippen LogP contribution < -0.4 is 5.32 Å². The van der Waals surface area contributed by atoms with Crippen molar-refractivity contribution in [3.05, 3.63) is 18.2 Å². The topological polar surface area (TPSA) is 50.1 Å².